The lowest BCUT2D eigenvalue weighted by Gasteiger charge is -2.50. The van der Waals surface area contributed by atoms with E-state index in [1.54, 1.807) is 25.1 Å². The van der Waals surface area contributed by atoms with Gasteiger partial charge in [0.25, 0.3) is 0 Å². The predicted molar refractivity (Wildman–Crippen MR) is 103 cm³/mol. The molecular formula is C21H24ClFN2O. The lowest BCUT2D eigenvalue weighted by atomic mass is 9.73. The summed E-state index contributed by atoms with van der Waals surface area (Å²) in [5.41, 5.74) is 2.75. The highest BCUT2D eigenvalue weighted by atomic mass is 35.5. The van der Waals surface area contributed by atoms with Gasteiger partial charge in [0, 0.05) is 38.8 Å². The molecule has 3 rings (SSSR count). The molecule has 138 valence electrons. The van der Waals surface area contributed by atoms with Crippen LogP contribution in [0.4, 0.5) is 4.39 Å². The van der Waals surface area contributed by atoms with E-state index in [1.807, 2.05) is 37.3 Å². The van der Waals surface area contributed by atoms with Crippen molar-refractivity contribution in [1.29, 1.82) is 0 Å². The monoisotopic (exact) mass is 374 g/mol. The van der Waals surface area contributed by atoms with Crippen LogP contribution in [0.1, 0.15) is 16.7 Å². The Morgan fingerprint density at radius 3 is 2.42 bits per heavy atom. The number of likely N-dealkylation sites (tertiary alicyclic amines) is 1. The number of rotatable bonds is 5. The zero-order chi connectivity index (χ0) is 18.9. The smallest absolute Gasteiger partial charge is 0.231 e. The summed E-state index contributed by atoms with van der Waals surface area (Å²) in [5, 5.41) is 0.698. The Labute approximate surface area is 159 Å². The van der Waals surface area contributed by atoms with Gasteiger partial charge in [-0.1, -0.05) is 29.8 Å². The van der Waals surface area contributed by atoms with Gasteiger partial charge in [0.2, 0.25) is 5.91 Å². The van der Waals surface area contributed by atoms with E-state index in [4.69, 9.17) is 11.6 Å². The van der Waals surface area contributed by atoms with Gasteiger partial charge in [-0.15, -0.1) is 0 Å². The van der Waals surface area contributed by atoms with Crippen molar-refractivity contribution in [2.24, 2.45) is 5.41 Å². The number of carbonyl (C=O) groups excluding carboxylic acids is 1. The van der Waals surface area contributed by atoms with Crippen LogP contribution in [0.25, 0.3) is 0 Å². The predicted octanol–water partition coefficient (Wildman–Crippen LogP) is 3.92. The van der Waals surface area contributed by atoms with Crippen molar-refractivity contribution in [2.45, 2.75) is 19.9 Å². The first-order chi connectivity index (χ1) is 12.3. The minimum atomic E-state index is -0.411. The minimum absolute atomic E-state index is 0.152. The summed E-state index contributed by atoms with van der Waals surface area (Å²) < 4.78 is 13.3. The summed E-state index contributed by atoms with van der Waals surface area (Å²) in [4.78, 5) is 16.8. The Kier molecular flexibility index (Phi) is 5.35. The van der Waals surface area contributed by atoms with Crippen molar-refractivity contribution < 1.29 is 9.18 Å². The van der Waals surface area contributed by atoms with Crippen molar-refractivity contribution >= 4 is 17.5 Å². The highest BCUT2D eigenvalue weighted by Crippen LogP contribution is 2.37. The van der Waals surface area contributed by atoms with Gasteiger partial charge < -0.3 is 4.90 Å². The third-order valence-corrected chi connectivity index (χ3v) is 5.32. The molecule has 1 heterocycles. The lowest BCUT2D eigenvalue weighted by Crippen LogP contribution is -2.63. The second-order valence-electron chi connectivity index (χ2n) is 7.50. The molecule has 0 atom stereocenters. The van der Waals surface area contributed by atoms with Crippen molar-refractivity contribution in [3.8, 4) is 0 Å². The van der Waals surface area contributed by atoms with Crippen LogP contribution in [-0.2, 0) is 17.8 Å². The van der Waals surface area contributed by atoms with Crippen LogP contribution in [0.15, 0.2) is 42.5 Å². The van der Waals surface area contributed by atoms with E-state index < -0.39 is 5.41 Å². The van der Waals surface area contributed by atoms with Gasteiger partial charge in [-0.2, -0.15) is 0 Å². The van der Waals surface area contributed by atoms with E-state index in [0.29, 0.717) is 24.5 Å². The second kappa shape index (κ2) is 7.37. The molecule has 0 aromatic heterocycles. The normalized spacial score (nSPS) is 16.2. The molecule has 5 heteroatoms. The zero-order valence-corrected chi connectivity index (χ0v) is 16.2. The summed E-state index contributed by atoms with van der Waals surface area (Å²) >= 11 is 5.97. The molecule has 0 saturated carbocycles. The Morgan fingerprint density at radius 1 is 1.19 bits per heavy atom. The van der Waals surface area contributed by atoms with Gasteiger partial charge in [-0.25, -0.2) is 4.39 Å². The molecule has 0 aliphatic carbocycles. The topological polar surface area (TPSA) is 23.6 Å². The third-order valence-electron chi connectivity index (χ3n) is 5.07. The number of hydrogen-bond donors (Lipinski definition) is 0. The van der Waals surface area contributed by atoms with Gasteiger partial charge in [0.1, 0.15) is 5.82 Å². The fourth-order valence-electron chi connectivity index (χ4n) is 3.79. The number of halogens is 2. The fourth-order valence-corrected chi connectivity index (χ4v) is 3.92. The van der Waals surface area contributed by atoms with Gasteiger partial charge >= 0.3 is 0 Å². The van der Waals surface area contributed by atoms with Crippen LogP contribution in [0.3, 0.4) is 0 Å². The molecule has 1 saturated heterocycles. The number of hydrogen-bond acceptors (Lipinski definition) is 2. The van der Waals surface area contributed by atoms with Crippen LogP contribution in [0.5, 0.6) is 0 Å². The molecular weight excluding hydrogens is 351 g/mol. The van der Waals surface area contributed by atoms with E-state index in [0.717, 1.165) is 23.2 Å². The first kappa shape index (κ1) is 18.9. The van der Waals surface area contributed by atoms with Crippen molar-refractivity contribution in [3.63, 3.8) is 0 Å². The molecule has 0 bridgehead atoms. The first-order valence-corrected chi connectivity index (χ1v) is 9.10. The van der Waals surface area contributed by atoms with Crippen molar-refractivity contribution in [1.82, 2.24) is 9.80 Å². The number of benzene rings is 2. The average Bonchev–Trinajstić information content (AvgIpc) is 2.56. The van der Waals surface area contributed by atoms with Crippen LogP contribution in [0.2, 0.25) is 5.02 Å². The molecule has 0 unspecified atom stereocenters. The Bertz CT molecular complexity index is 798. The molecule has 0 radical (unpaired) electrons. The van der Waals surface area contributed by atoms with Crippen molar-refractivity contribution in [2.75, 3.05) is 27.2 Å². The minimum Gasteiger partial charge on any atom is -0.348 e. The molecule has 3 nitrogen and oxygen atoms in total. The van der Waals surface area contributed by atoms with Gasteiger partial charge in [-0.3, -0.25) is 9.69 Å². The molecule has 26 heavy (non-hydrogen) atoms. The summed E-state index contributed by atoms with van der Waals surface area (Å²) in [7, 11) is 3.61. The van der Waals surface area contributed by atoms with E-state index >= 15 is 0 Å². The van der Waals surface area contributed by atoms with Crippen molar-refractivity contribution in [3.05, 3.63) is 70.0 Å². The van der Waals surface area contributed by atoms with Gasteiger partial charge in [0.15, 0.2) is 0 Å². The van der Waals surface area contributed by atoms with E-state index in [-0.39, 0.29) is 11.7 Å². The number of nitrogens with zero attached hydrogens (tertiary/aromatic N) is 2. The Morgan fingerprint density at radius 2 is 1.85 bits per heavy atom. The molecule has 1 fully saturated rings. The van der Waals surface area contributed by atoms with E-state index in [2.05, 4.69) is 4.90 Å². The van der Waals surface area contributed by atoms with E-state index in [1.165, 1.54) is 6.07 Å². The lowest BCUT2D eigenvalue weighted by molar-refractivity contribution is -0.151. The average molecular weight is 375 g/mol. The quantitative estimate of drug-likeness (QED) is 0.791. The molecule has 1 aliphatic heterocycles. The molecule has 2 aromatic rings. The number of amides is 1. The van der Waals surface area contributed by atoms with Crippen LogP contribution in [0, 0.1) is 18.2 Å². The fraction of sp³-hybridized carbons (Fsp3) is 0.381. The molecule has 0 spiro atoms. The molecule has 0 N–H and O–H groups in total. The van der Waals surface area contributed by atoms with E-state index in [9.17, 15) is 9.18 Å². The van der Waals surface area contributed by atoms with Crippen LogP contribution < -0.4 is 0 Å². The number of carbonyl (C=O) groups is 1. The number of aryl methyl sites for hydroxylation is 1. The summed E-state index contributed by atoms with van der Waals surface area (Å²) in [6.07, 6.45) is 0.695. The first-order valence-electron chi connectivity index (χ1n) is 8.73. The van der Waals surface area contributed by atoms with Crippen LogP contribution >= 0.6 is 11.6 Å². The molecule has 1 aliphatic rings. The Balaban J connectivity index is 1.73. The summed E-state index contributed by atoms with van der Waals surface area (Å²) in [5.74, 6) is -0.0609. The maximum Gasteiger partial charge on any atom is 0.231 e. The maximum atomic E-state index is 13.3. The summed E-state index contributed by atoms with van der Waals surface area (Å²) in [6.45, 7) is 4.05. The van der Waals surface area contributed by atoms with Gasteiger partial charge in [-0.05, 0) is 54.3 Å². The highest BCUT2D eigenvalue weighted by Gasteiger charge is 2.49. The Hall–Kier alpha value is -1.91. The third kappa shape index (κ3) is 3.92. The summed E-state index contributed by atoms with van der Waals surface area (Å²) in [6, 6.07) is 12.6. The zero-order valence-electron chi connectivity index (χ0n) is 15.4. The maximum absolute atomic E-state index is 13.3. The molecule has 1 amide bonds. The highest BCUT2D eigenvalue weighted by molar-refractivity contribution is 6.30. The molecule has 2 aromatic carbocycles. The van der Waals surface area contributed by atoms with Crippen LogP contribution in [-0.4, -0.2) is 42.9 Å². The SMILES string of the molecule is Cc1cc(F)ccc1CN1CC(Cc2ccc(Cl)cc2)(C(=O)N(C)C)C1. The largest absolute Gasteiger partial charge is 0.348 e. The van der Waals surface area contributed by atoms with Gasteiger partial charge in [0.05, 0.1) is 5.41 Å². The second-order valence-corrected chi connectivity index (χ2v) is 7.94. The standard InChI is InChI=1S/C21H24ClFN2O/c1-15-10-19(23)9-6-17(15)12-25-13-21(14-25,20(26)24(2)3)11-16-4-7-18(22)8-5-16/h4-10H,11-14H2,1-3H3.